The predicted molar refractivity (Wildman–Crippen MR) is 107 cm³/mol. The zero-order valence-electron chi connectivity index (χ0n) is 15.7. The molecule has 0 saturated heterocycles. The van der Waals surface area contributed by atoms with Crippen LogP contribution in [0.2, 0.25) is 0 Å². The molecule has 150 valence electrons. The van der Waals surface area contributed by atoms with Crippen LogP contribution in [0.15, 0.2) is 42.5 Å². The Morgan fingerprint density at radius 2 is 1.71 bits per heavy atom. The van der Waals surface area contributed by atoms with Crippen LogP contribution in [0.5, 0.6) is 0 Å². The van der Waals surface area contributed by atoms with E-state index in [1.54, 1.807) is 13.0 Å². The number of alkyl halides is 3. The number of hydrogen-bond acceptors (Lipinski definition) is 3. The Kier molecular flexibility index (Phi) is 7.12. The van der Waals surface area contributed by atoms with E-state index in [1.165, 1.54) is 18.2 Å². The zero-order chi connectivity index (χ0) is 20.9. The van der Waals surface area contributed by atoms with Crippen molar-refractivity contribution >= 4 is 35.0 Å². The van der Waals surface area contributed by atoms with Crippen molar-refractivity contribution in [3.05, 3.63) is 59.2 Å². The lowest BCUT2D eigenvalue weighted by Crippen LogP contribution is -2.26. The van der Waals surface area contributed by atoms with Crippen LogP contribution >= 0.6 is 11.8 Å². The molecule has 2 amide bonds. The monoisotopic (exact) mass is 410 g/mol. The second-order valence-electron chi connectivity index (χ2n) is 6.33. The first-order chi connectivity index (χ1) is 13.1. The molecular weight excluding hydrogens is 389 g/mol. The van der Waals surface area contributed by atoms with Crippen molar-refractivity contribution < 1.29 is 22.8 Å². The van der Waals surface area contributed by atoms with Gasteiger partial charge in [-0.15, -0.1) is 11.8 Å². The number of halogens is 3. The van der Waals surface area contributed by atoms with Crippen LogP contribution in [0.25, 0.3) is 0 Å². The maximum atomic E-state index is 13.0. The summed E-state index contributed by atoms with van der Waals surface area (Å²) in [5.41, 5.74) is 1.60. The largest absolute Gasteiger partial charge is 0.418 e. The molecule has 2 rings (SSSR count). The lowest BCUT2D eigenvalue weighted by Gasteiger charge is -2.16. The highest BCUT2D eigenvalue weighted by atomic mass is 32.2. The van der Waals surface area contributed by atoms with Gasteiger partial charge in [-0.25, -0.2) is 0 Å². The lowest BCUT2D eigenvalue weighted by atomic mass is 10.1. The third-order valence-corrected chi connectivity index (χ3v) is 5.26. The molecule has 4 nitrogen and oxygen atoms in total. The minimum absolute atomic E-state index is 0.00241. The summed E-state index contributed by atoms with van der Waals surface area (Å²) in [4.78, 5) is 24.3. The van der Waals surface area contributed by atoms with Crippen molar-refractivity contribution in [2.45, 2.75) is 32.2 Å². The van der Waals surface area contributed by atoms with E-state index >= 15 is 0 Å². The van der Waals surface area contributed by atoms with Gasteiger partial charge >= 0.3 is 6.18 Å². The van der Waals surface area contributed by atoms with Crippen LogP contribution in [-0.2, 0) is 15.8 Å². The van der Waals surface area contributed by atoms with Gasteiger partial charge in [-0.2, -0.15) is 13.2 Å². The molecule has 8 heteroatoms. The molecule has 0 heterocycles. The molecule has 2 N–H and O–H groups in total. The van der Waals surface area contributed by atoms with Gasteiger partial charge in [-0.05, 0) is 56.2 Å². The van der Waals surface area contributed by atoms with Gasteiger partial charge in [0, 0.05) is 5.69 Å². The van der Waals surface area contributed by atoms with Crippen LogP contribution in [0, 0.1) is 13.8 Å². The Morgan fingerprint density at radius 3 is 2.36 bits per heavy atom. The molecule has 1 unspecified atom stereocenters. The van der Waals surface area contributed by atoms with Crippen molar-refractivity contribution in [3.8, 4) is 0 Å². The minimum Gasteiger partial charge on any atom is -0.325 e. The summed E-state index contributed by atoms with van der Waals surface area (Å²) in [5.74, 6) is -0.883. The molecular formula is C20H21F3N2O2S. The van der Waals surface area contributed by atoms with Gasteiger partial charge in [-0.3, -0.25) is 9.59 Å². The molecule has 0 bridgehead atoms. The van der Waals surface area contributed by atoms with E-state index < -0.39 is 22.9 Å². The summed E-state index contributed by atoms with van der Waals surface area (Å²) < 4.78 is 39.0. The van der Waals surface area contributed by atoms with Gasteiger partial charge in [-0.1, -0.05) is 18.2 Å². The van der Waals surface area contributed by atoms with Crippen LogP contribution in [0.1, 0.15) is 23.6 Å². The topological polar surface area (TPSA) is 58.2 Å². The van der Waals surface area contributed by atoms with Crippen LogP contribution in [0.4, 0.5) is 24.5 Å². The standard InChI is InChI=1S/C20H21F3N2O2S/c1-12-8-9-15(10-13(12)2)24-18(26)11-28-14(3)19(27)25-17-7-5-4-6-16(17)20(21,22)23/h4-10,14H,11H2,1-3H3,(H,24,26)(H,25,27). The molecule has 0 saturated carbocycles. The smallest absolute Gasteiger partial charge is 0.325 e. The number of benzene rings is 2. The third-order valence-electron chi connectivity index (χ3n) is 4.11. The summed E-state index contributed by atoms with van der Waals surface area (Å²) in [6.07, 6.45) is -4.56. The van der Waals surface area contributed by atoms with Crippen molar-refractivity contribution in [3.63, 3.8) is 0 Å². The first-order valence-corrected chi connectivity index (χ1v) is 9.58. The highest BCUT2D eigenvalue weighted by Gasteiger charge is 2.33. The third kappa shape index (κ3) is 6.02. The second-order valence-corrected chi connectivity index (χ2v) is 7.66. The zero-order valence-corrected chi connectivity index (χ0v) is 16.5. The number of para-hydroxylation sites is 1. The highest BCUT2D eigenvalue weighted by molar-refractivity contribution is 8.01. The summed E-state index contributed by atoms with van der Waals surface area (Å²) in [7, 11) is 0. The molecule has 0 aliphatic carbocycles. The van der Waals surface area contributed by atoms with E-state index in [9.17, 15) is 22.8 Å². The molecule has 0 aliphatic rings. The Balaban J connectivity index is 1.91. The maximum Gasteiger partial charge on any atom is 0.418 e. The number of anilines is 2. The molecule has 2 aromatic carbocycles. The second kappa shape index (κ2) is 9.14. The van der Waals surface area contributed by atoms with Gasteiger partial charge < -0.3 is 10.6 Å². The van der Waals surface area contributed by atoms with Crippen molar-refractivity contribution in [2.24, 2.45) is 0 Å². The van der Waals surface area contributed by atoms with Gasteiger partial charge in [0.05, 0.1) is 22.3 Å². The molecule has 1 atom stereocenters. The SMILES string of the molecule is Cc1ccc(NC(=O)CSC(C)C(=O)Nc2ccccc2C(F)(F)F)cc1C. The van der Waals surface area contributed by atoms with Crippen LogP contribution in [-0.4, -0.2) is 22.8 Å². The van der Waals surface area contributed by atoms with E-state index in [2.05, 4.69) is 10.6 Å². The van der Waals surface area contributed by atoms with Crippen LogP contribution < -0.4 is 10.6 Å². The minimum atomic E-state index is -4.56. The van der Waals surface area contributed by atoms with Crippen molar-refractivity contribution in [1.29, 1.82) is 0 Å². The van der Waals surface area contributed by atoms with Crippen molar-refractivity contribution in [1.82, 2.24) is 0 Å². The van der Waals surface area contributed by atoms with E-state index in [0.717, 1.165) is 29.0 Å². The average Bonchev–Trinajstić information content (AvgIpc) is 2.62. The number of rotatable bonds is 6. The Morgan fingerprint density at radius 1 is 1.04 bits per heavy atom. The normalized spacial score (nSPS) is 12.4. The quantitative estimate of drug-likeness (QED) is 0.703. The fourth-order valence-electron chi connectivity index (χ4n) is 2.37. The Hall–Kier alpha value is -2.48. The first-order valence-electron chi connectivity index (χ1n) is 8.53. The fraction of sp³-hybridized carbons (Fsp3) is 0.300. The number of amides is 2. The number of hydrogen-bond donors (Lipinski definition) is 2. The highest BCUT2D eigenvalue weighted by Crippen LogP contribution is 2.34. The number of carbonyl (C=O) groups is 2. The number of carbonyl (C=O) groups excluding carboxylic acids is 2. The lowest BCUT2D eigenvalue weighted by molar-refractivity contribution is -0.137. The van der Waals surface area contributed by atoms with Gasteiger partial charge in [0.2, 0.25) is 11.8 Å². The predicted octanol–water partition coefficient (Wildman–Crippen LogP) is 5.02. The molecule has 0 aliphatic heterocycles. The maximum absolute atomic E-state index is 13.0. The Bertz CT molecular complexity index is 869. The summed E-state index contributed by atoms with van der Waals surface area (Å²) in [6.45, 7) is 5.44. The number of aryl methyl sites for hydroxylation is 2. The molecule has 28 heavy (non-hydrogen) atoms. The summed E-state index contributed by atoms with van der Waals surface area (Å²) in [5, 5.41) is 4.33. The van der Waals surface area contributed by atoms with E-state index in [0.29, 0.717) is 5.69 Å². The van der Waals surface area contributed by atoms with Gasteiger partial charge in [0.25, 0.3) is 0 Å². The van der Waals surface area contributed by atoms with Crippen LogP contribution in [0.3, 0.4) is 0 Å². The van der Waals surface area contributed by atoms with E-state index in [1.807, 2.05) is 26.0 Å². The molecule has 0 aromatic heterocycles. The van der Waals surface area contributed by atoms with Crippen molar-refractivity contribution in [2.75, 3.05) is 16.4 Å². The van der Waals surface area contributed by atoms with E-state index in [4.69, 9.17) is 0 Å². The fourth-order valence-corrected chi connectivity index (χ4v) is 3.05. The molecule has 0 fully saturated rings. The first kappa shape index (κ1) is 21.8. The average molecular weight is 410 g/mol. The number of nitrogens with one attached hydrogen (secondary N) is 2. The molecule has 0 radical (unpaired) electrons. The van der Waals surface area contributed by atoms with Gasteiger partial charge in [0.1, 0.15) is 0 Å². The molecule has 2 aromatic rings. The summed E-state index contributed by atoms with van der Waals surface area (Å²) >= 11 is 1.05. The summed E-state index contributed by atoms with van der Waals surface area (Å²) in [6, 6.07) is 10.3. The number of thioether (sulfide) groups is 1. The molecule has 0 spiro atoms. The van der Waals surface area contributed by atoms with Gasteiger partial charge in [0.15, 0.2) is 0 Å². The van der Waals surface area contributed by atoms with E-state index in [-0.39, 0.29) is 17.3 Å². The Labute approximate surface area is 165 Å².